The van der Waals surface area contributed by atoms with Crippen LogP contribution in [0.4, 0.5) is 5.82 Å². The molecule has 6 rings (SSSR count). The van der Waals surface area contributed by atoms with Crippen molar-refractivity contribution < 1.29 is 0 Å². The van der Waals surface area contributed by atoms with Crippen LogP contribution < -0.4 is 10.6 Å². The Labute approximate surface area is 150 Å². The van der Waals surface area contributed by atoms with Gasteiger partial charge in [0.1, 0.15) is 11.6 Å². The number of piperidine rings is 3. The first kappa shape index (κ1) is 14.7. The lowest BCUT2D eigenvalue weighted by molar-refractivity contribution is 0.0189. The maximum Gasteiger partial charge on any atom is 0.132 e. The molecule has 124 valence electrons. The molecule has 4 aliphatic rings. The topological polar surface area (TPSA) is 40.2 Å². The van der Waals surface area contributed by atoms with E-state index in [1.165, 1.54) is 37.9 Å². The number of hydrogen-bond acceptors (Lipinski definition) is 4. The average molecular weight is 385 g/mol. The third kappa shape index (κ3) is 2.33. The fourth-order valence-corrected chi connectivity index (χ4v) is 5.12. The molecular formula is C19H21BrN4. The van der Waals surface area contributed by atoms with E-state index in [1.54, 1.807) is 0 Å². The molecule has 0 aliphatic carbocycles. The van der Waals surface area contributed by atoms with Crippen LogP contribution in [0, 0.1) is 5.92 Å². The van der Waals surface area contributed by atoms with Crippen LogP contribution in [0.5, 0.6) is 0 Å². The van der Waals surface area contributed by atoms with Gasteiger partial charge < -0.3 is 15.5 Å². The van der Waals surface area contributed by atoms with Gasteiger partial charge in [-0.25, -0.2) is 4.98 Å². The third-order valence-corrected chi connectivity index (χ3v) is 6.59. The minimum absolute atomic E-state index is 0.246. The Bertz CT molecular complexity index is 825. The van der Waals surface area contributed by atoms with Gasteiger partial charge in [-0.2, -0.15) is 0 Å². The number of aromatic nitrogens is 1. The molecule has 2 N–H and O–H groups in total. The summed E-state index contributed by atoms with van der Waals surface area (Å²) in [5, 5.41) is 9.63. The summed E-state index contributed by atoms with van der Waals surface area (Å²) in [5.41, 5.74) is 0.246. The average Bonchev–Trinajstić information content (AvgIpc) is 2.99. The van der Waals surface area contributed by atoms with Crippen molar-refractivity contribution in [1.82, 2.24) is 15.2 Å². The summed E-state index contributed by atoms with van der Waals surface area (Å²) in [5.74, 6) is 2.81. The second kappa shape index (κ2) is 5.46. The van der Waals surface area contributed by atoms with E-state index >= 15 is 0 Å². The summed E-state index contributed by atoms with van der Waals surface area (Å²) >= 11 is 3.63. The van der Waals surface area contributed by atoms with E-state index in [2.05, 4.69) is 60.7 Å². The molecule has 4 nitrogen and oxygen atoms in total. The van der Waals surface area contributed by atoms with Crippen LogP contribution in [-0.4, -0.2) is 35.1 Å². The van der Waals surface area contributed by atoms with Crippen molar-refractivity contribution in [1.29, 1.82) is 0 Å². The van der Waals surface area contributed by atoms with Crippen LogP contribution in [0.2, 0.25) is 0 Å². The second-order valence-corrected chi connectivity index (χ2v) is 8.16. The van der Waals surface area contributed by atoms with Gasteiger partial charge in [0.15, 0.2) is 0 Å². The summed E-state index contributed by atoms with van der Waals surface area (Å²) in [6, 6.07) is 8.32. The van der Waals surface area contributed by atoms with Crippen molar-refractivity contribution in [2.45, 2.75) is 24.8 Å². The molecular weight excluding hydrogens is 364 g/mol. The van der Waals surface area contributed by atoms with Crippen molar-refractivity contribution in [2.75, 3.05) is 25.0 Å². The molecule has 0 radical (unpaired) electrons. The SMILES string of the molecule is Brc1cccc2cnc(NC3=CC[C@@]4(CN5CCC4CC5)N3)cc12. The number of rotatable bonds is 2. The fraction of sp³-hybridized carbons (Fsp3) is 0.421. The monoisotopic (exact) mass is 384 g/mol. The second-order valence-electron chi connectivity index (χ2n) is 7.31. The minimum Gasteiger partial charge on any atom is -0.365 e. The molecule has 2 aromatic rings. The zero-order chi connectivity index (χ0) is 16.1. The minimum atomic E-state index is 0.246. The first-order valence-electron chi connectivity index (χ1n) is 8.74. The maximum absolute atomic E-state index is 4.57. The van der Waals surface area contributed by atoms with Gasteiger partial charge in [0, 0.05) is 28.0 Å². The van der Waals surface area contributed by atoms with Crippen LogP contribution in [0.25, 0.3) is 10.8 Å². The van der Waals surface area contributed by atoms with E-state index in [9.17, 15) is 0 Å². The molecule has 24 heavy (non-hydrogen) atoms. The van der Waals surface area contributed by atoms with Gasteiger partial charge in [0.25, 0.3) is 0 Å². The summed E-state index contributed by atoms with van der Waals surface area (Å²) in [7, 11) is 0. The van der Waals surface area contributed by atoms with Crippen molar-refractivity contribution >= 4 is 32.5 Å². The van der Waals surface area contributed by atoms with E-state index in [0.717, 1.165) is 33.8 Å². The summed E-state index contributed by atoms with van der Waals surface area (Å²) in [4.78, 5) is 7.18. The zero-order valence-corrected chi connectivity index (χ0v) is 15.1. The van der Waals surface area contributed by atoms with Gasteiger partial charge in [-0.05, 0) is 56.5 Å². The molecule has 1 aromatic heterocycles. The molecule has 3 fully saturated rings. The van der Waals surface area contributed by atoms with Gasteiger partial charge in [0.2, 0.25) is 0 Å². The zero-order valence-electron chi connectivity index (χ0n) is 13.6. The Morgan fingerprint density at radius 3 is 2.96 bits per heavy atom. The molecule has 1 atom stereocenters. The highest BCUT2D eigenvalue weighted by Gasteiger charge is 2.48. The molecule has 0 amide bonds. The molecule has 4 aliphatic heterocycles. The maximum atomic E-state index is 4.57. The predicted octanol–water partition coefficient (Wildman–Crippen LogP) is 3.71. The van der Waals surface area contributed by atoms with E-state index in [0.29, 0.717) is 0 Å². The smallest absolute Gasteiger partial charge is 0.132 e. The Morgan fingerprint density at radius 1 is 1.29 bits per heavy atom. The highest BCUT2D eigenvalue weighted by Crippen LogP contribution is 2.41. The number of benzene rings is 1. The van der Waals surface area contributed by atoms with E-state index < -0.39 is 0 Å². The van der Waals surface area contributed by atoms with Crippen LogP contribution in [-0.2, 0) is 0 Å². The Morgan fingerprint density at radius 2 is 2.17 bits per heavy atom. The Kier molecular flexibility index (Phi) is 3.35. The lowest BCUT2D eigenvalue weighted by atomic mass is 9.72. The quantitative estimate of drug-likeness (QED) is 0.827. The largest absolute Gasteiger partial charge is 0.365 e. The van der Waals surface area contributed by atoms with E-state index in [-0.39, 0.29) is 5.54 Å². The highest BCUT2D eigenvalue weighted by molar-refractivity contribution is 9.10. The van der Waals surface area contributed by atoms with Crippen LogP contribution in [0.3, 0.4) is 0 Å². The van der Waals surface area contributed by atoms with E-state index in [1.807, 2.05) is 12.3 Å². The number of nitrogens with zero attached hydrogens (tertiary/aromatic N) is 2. The van der Waals surface area contributed by atoms with Gasteiger partial charge in [-0.1, -0.05) is 28.1 Å². The standard InChI is InChI=1S/C19H21BrN4/c20-16-3-1-2-13-11-21-18(10-15(13)16)22-17-4-7-19(23-17)12-24-8-5-14(19)6-9-24/h1-4,10-11,14,23H,5-9,12H2,(H,21,22)/t19-/m0/s1. The predicted molar refractivity (Wildman–Crippen MR) is 101 cm³/mol. The molecule has 1 spiro atoms. The van der Waals surface area contributed by atoms with Gasteiger partial charge in [0.05, 0.1) is 5.54 Å². The Hall–Kier alpha value is -1.59. The molecule has 3 saturated heterocycles. The summed E-state index contributed by atoms with van der Waals surface area (Å²) in [6.07, 6.45) is 8.02. The number of nitrogens with one attached hydrogen (secondary N) is 2. The number of fused-ring (bicyclic) bond motifs is 3. The van der Waals surface area contributed by atoms with Crippen molar-refractivity contribution in [3.63, 3.8) is 0 Å². The highest BCUT2D eigenvalue weighted by atomic mass is 79.9. The van der Waals surface area contributed by atoms with Crippen LogP contribution >= 0.6 is 15.9 Å². The Balaban J connectivity index is 1.37. The molecule has 1 aromatic carbocycles. The first-order valence-corrected chi connectivity index (χ1v) is 9.53. The summed E-state index contributed by atoms with van der Waals surface area (Å²) in [6.45, 7) is 3.73. The molecule has 5 heteroatoms. The number of pyridine rings is 1. The van der Waals surface area contributed by atoms with Crippen molar-refractivity contribution in [3.05, 3.63) is 46.8 Å². The number of hydrogen-bond donors (Lipinski definition) is 2. The molecule has 0 saturated carbocycles. The van der Waals surface area contributed by atoms with Crippen molar-refractivity contribution in [2.24, 2.45) is 5.92 Å². The van der Waals surface area contributed by atoms with Gasteiger partial charge in [-0.15, -0.1) is 0 Å². The summed E-state index contributed by atoms with van der Waals surface area (Å²) < 4.78 is 1.10. The van der Waals surface area contributed by atoms with Crippen LogP contribution in [0.15, 0.2) is 46.8 Å². The van der Waals surface area contributed by atoms with E-state index in [4.69, 9.17) is 0 Å². The number of halogens is 1. The third-order valence-electron chi connectivity index (χ3n) is 5.90. The fourth-order valence-electron chi connectivity index (χ4n) is 4.62. The molecule has 0 unspecified atom stereocenters. The normalized spacial score (nSPS) is 31.3. The van der Waals surface area contributed by atoms with Gasteiger partial charge >= 0.3 is 0 Å². The number of anilines is 1. The molecule has 2 bridgehead atoms. The lowest BCUT2D eigenvalue weighted by Gasteiger charge is -2.52. The molecule has 5 heterocycles. The van der Waals surface area contributed by atoms with Gasteiger partial charge in [-0.3, -0.25) is 0 Å². The lowest BCUT2D eigenvalue weighted by Crippen LogP contribution is -2.64. The first-order chi connectivity index (χ1) is 11.7. The van der Waals surface area contributed by atoms with Crippen LogP contribution in [0.1, 0.15) is 19.3 Å². The van der Waals surface area contributed by atoms with Crippen molar-refractivity contribution in [3.8, 4) is 0 Å².